The van der Waals surface area contributed by atoms with Gasteiger partial charge in [-0.2, -0.15) is 0 Å². The third-order valence-corrected chi connectivity index (χ3v) is 4.92. The molecule has 0 saturated carbocycles. The molecule has 120 valence electrons. The van der Waals surface area contributed by atoms with Gasteiger partial charge >= 0.3 is 0 Å². The fourth-order valence-electron chi connectivity index (χ4n) is 4.46. The molecular formula is C15H36B3N3. The topological polar surface area (TPSA) is 9.72 Å². The molecule has 1 heterocycles. The summed E-state index contributed by atoms with van der Waals surface area (Å²) in [6.07, 6.45) is 0. The van der Waals surface area contributed by atoms with Crippen LogP contribution in [0.15, 0.2) is 0 Å². The normalized spacial score (nSPS) is 19.7. The SMILES string of the molecule is CCN1B(C(C)C)N(CC)B(C(C)C)N(CC)B1C(C)C. The molecule has 0 aromatic carbocycles. The lowest BCUT2D eigenvalue weighted by Gasteiger charge is -2.57. The van der Waals surface area contributed by atoms with E-state index in [2.05, 4.69) is 76.5 Å². The first-order chi connectivity index (χ1) is 9.81. The Balaban J connectivity index is 3.32. The molecule has 1 aliphatic heterocycles. The quantitative estimate of drug-likeness (QED) is 0.691. The molecule has 0 aliphatic carbocycles. The van der Waals surface area contributed by atoms with Gasteiger partial charge in [0.25, 0.3) is 20.9 Å². The largest absolute Gasteiger partial charge is 0.357 e. The van der Waals surface area contributed by atoms with Crippen molar-refractivity contribution in [1.82, 2.24) is 14.2 Å². The third-order valence-electron chi connectivity index (χ3n) is 4.92. The highest BCUT2D eigenvalue weighted by atomic mass is 15.3. The molecule has 21 heavy (non-hydrogen) atoms. The molecule has 1 aliphatic rings. The number of rotatable bonds is 6. The monoisotopic (exact) mass is 291 g/mol. The van der Waals surface area contributed by atoms with Gasteiger partial charge in [0.05, 0.1) is 0 Å². The average molecular weight is 291 g/mol. The number of hydrogen-bond donors (Lipinski definition) is 0. The van der Waals surface area contributed by atoms with Gasteiger partial charge in [-0.05, 0) is 37.1 Å². The van der Waals surface area contributed by atoms with Gasteiger partial charge in [0, 0.05) is 0 Å². The van der Waals surface area contributed by atoms with Crippen LogP contribution in [0.2, 0.25) is 17.5 Å². The second kappa shape index (κ2) is 8.08. The molecule has 0 aromatic rings. The molecule has 0 amide bonds. The molecule has 0 N–H and O–H groups in total. The van der Waals surface area contributed by atoms with Crippen molar-refractivity contribution in [3.8, 4) is 0 Å². The standard InChI is InChI=1S/C15H36B3N3/c1-10-19-16(13(4)5)20(11-2)18(15(8)9)21(12-3)17(19)14(6)7/h13-15H,10-12H2,1-9H3. The number of hydrogen-bond acceptors (Lipinski definition) is 3. The lowest BCUT2D eigenvalue weighted by atomic mass is 9.35. The summed E-state index contributed by atoms with van der Waals surface area (Å²) in [4.78, 5) is 0. The summed E-state index contributed by atoms with van der Waals surface area (Å²) < 4.78 is 8.21. The average Bonchev–Trinajstić information content (AvgIpc) is 2.42. The summed E-state index contributed by atoms with van der Waals surface area (Å²) in [6, 6.07) is 0. The smallest absolute Gasteiger partial charge is 0.292 e. The molecule has 0 bridgehead atoms. The minimum Gasteiger partial charge on any atom is -0.357 e. The molecule has 0 aromatic heterocycles. The molecule has 6 heteroatoms. The molecule has 3 nitrogen and oxygen atoms in total. The van der Waals surface area contributed by atoms with E-state index in [1.807, 2.05) is 0 Å². The van der Waals surface area contributed by atoms with Crippen molar-refractivity contribution in [2.45, 2.75) is 79.8 Å². The second-order valence-electron chi connectivity index (χ2n) is 7.46. The van der Waals surface area contributed by atoms with E-state index < -0.39 is 0 Å². The Labute approximate surface area is 135 Å². The maximum absolute atomic E-state index is 2.74. The van der Waals surface area contributed by atoms with Crippen LogP contribution in [-0.2, 0) is 0 Å². The van der Waals surface area contributed by atoms with Crippen LogP contribution < -0.4 is 0 Å². The van der Waals surface area contributed by atoms with Gasteiger partial charge in [-0.15, -0.1) is 0 Å². The van der Waals surface area contributed by atoms with Gasteiger partial charge in [0.2, 0.25) is 0 Å². The molecule has 1 fully saturated rings. The zero-order valence-electron chi connectivity index (χ0n) is 15.9. The molecule has 1 saturated heterocycles. The highest BCUT2D eigenvalue weighted by molar-refractivity contribution is 6.87. The van der Waals surface area contributed by atoms with Crippen molar-refractivity contribution in [3.05, 3.63) is 0 Å². The van der Waals surface area contributed by atoms with Crippen LogP contribution >= 0.6 is 0 Å². The Hall–Kier alpha value is 0.0748. The second-order valence-corrected chi connectivity index (χ2v) is 7.46. The van der Waals surface area contributed by atoms with Gasteiger partial charge in [-0.3, -0.25) is 0 Å². The molecule has 0 radical (unpaired) electrons. The molecule has 0 atom stereocenters. The Morgan fingerprint density at radius 1 is 0.524 bits per heavy atom. The minimum atomic E-state index is 0.558. The minimum absolute atomic E-state index is 0.558. The van der Waals surface area contributed by atoms with E-state index >= 15 is 0 Å². The van der Waals surface area contributed by atoms with Gasteiger partial charge < -0.3 is 14.2 Å². The summed E-state index contributed by atoms with van der Waals surface area (Å²) in [5, 5.41) is 0. The van der Waals surface area contributed by atoms with E-state index in [1.54, 1.807) is 0 Å². The van der Waals surface area contributed by atoms with Gasteiger partial charge in [0.1, 0.15) is 0 Å². The van der Waals surface area contributed by atoms with E-state index in [4.69, 9.17) is 0 Å². The Morgan fingerprint density at radius 3 is 0.810 bits per heavy atom. The van der Waals surface area contributed by atoms with Gasteiger partial charge in [0.15, 0.2) is 0 Å². The predicted octanol–water partition coefficient (Wildman–Crippen LogP) is 3.66. The maximum atomic E-state index is 2.74. The van der Waals surface area contributed by atoms with Crippen molar-refractivity contribution in [2.24, 2.45) is 0 Å². The zero-order valence-corrected chi connectivity index (χ0v) is 15.9. The van der Waals surface area contributed by atoms with Crippen LogP contribution in [0.25, 0.3) is 0 Å². The lowest BCUT2D eigenvalue weighted by Crippen LogP contribution is -2.79. The first-order valence-corrected chi connectivity index (χ1v) is 9.08. The summed E-state index contributed by atoms with van der Waals surface area (Å²) in [6.45, 7) is 26.3. The fourth-order valence-corrected chi connectivity index (χ4v) is 4.46. The molecule has 1 rings (SSSR count). The zero-order chi connectivity index (χ0) is 16.3. The molecule has 0 spiro atoms. The van der Waals surface area contributed by atoms with Crippen molar-refractivity contribution in [1.29, 1.82) is 0 Å². The highest BCUT2D eigenvalue weighted by Gasteiger charge is 2.53. The lowest BCUT2D eigenvalue weighted by molar-refractivity contribution is 0.424. The van der Waals surface area contributed by atoms with Gasteiger partial charge in [-0.25, -0.2) is 0 Å². The van der Waals surface area contributed by atoms with E-state index in [9.17, 15) is 0 Å². The van der Waals surface area contributed by atoms with E-state index in [0.29, 0.717) is 38.4 Å². The van der Waals surface area contributed by atoms with Crippen LogP contribution in [0.4, 0.5) is 0 Å². The van der Waals surface area contributed by atoms with Crippen molar-refractivity contribution in [2.75, 3.05) is 19.6 Å². The van der Waals surface area contributed by atoms with Crippen molar-refractivity contribution in [3.63, 3.8) is 0 Å². The third kappa shape index (κ3) is 3.70. The van der Waals surface area contributed by atoms with Crippen molar-refractivity contribution < 1.29 is 0 Å². The summed E-state index contributed by atoms with van der Waals surface area (Å²) in [5.74, 6) is 1.98. The first-order valence-electron chi connectivity index (χ1n) is 9.08. The Kier molecular flexibility index (Phi) is 7.35. The van der Waals surface area contributed by atoms with E-state index in [-0.39, 0.29) is 0 Å². The van der Waals surface area contributed by atoms with Crippen LogP contribution in [-0.4, -0.2) is 54.7 Å². The van der Waals surface area contributed by atoms with Crippen LogP contribution in [0.3, 0.4) is 0 Å². The van der Waals surface area contributed by atoms with Crippen LogP contribution in [0.1, 0.15) is 62.3 Å². The fraction of sp³-hybridized carbons (Fsp3) is 1.00. The predicted molar refractivity (Wildman–Crippen MR) is 99.7 cm³/mol. The summed E-state index contributed by atoms with van der Waals surface area (Å²) in [7, 11) is 0. The first kappa shape index (κ1) is 19.1. The highest BCUT2D eigenvalue weighted by Crippen LogP contribution is 2.33. The van der Waals surface area contributed by atoms with Crippen LogP contribution in [0, 0.1) is 0 Å². The number of nitrogens with zero attached hydrogens (tertiary/aromatic N) is 3. The van der Waals surface area contributed by atoms with Gasteiger partial charge in [-0.1, -0.05) is 62.3 Å². The molecule has 0 unspecified atom stereocenters. The molecular weight excluding hydrogens is 255 g/mol. The maximum Gasteiger partial charge on any atom is 0.292 e. The van der Waals surface area contributed by atoms with Crippen molar-refractivity contribution >= 4 is 20.9 Å². The summed E-state index contributed by atoms with van der Waals surface area (Å²) in [5.41, 5.74) is 0. The van der Waals surface area contributed by atoms with E-state index in [1.165, 1.54) is 0 Å². The van der Waals surface area contributed by atoms with E-state index in [0.717, 1.165) is 19.6 Å². The Bertz CT molecular complexity index is 253. The summed E-state index contributed by atoms with van der Waals surface area (Å²) >= 11 is 0. The Morgan fingerprint density at radius 2 is 0.714 bits per heavy atom. The van der Waals surface area contributed by atoms with Crippen LogP contribution in [0.5, 0.6) is 0 Å².